The van der Waals surface area contributed by atoms with Crippen molar-refractivity contribution in [2.75, 3.05) is 26.2 Å². The van der Waals surface area contributed by atoms with Crippen molar-refractivity contribution in [3.8, 4) is 0 Å². The van der Waals surface area contributed by atoms with Crippen LogP contribution in [0.3, 0.4) is 0 Å². The molecule has 20 heavy (non-hydrogen) atoms. The third-order valence-corrected chi connectivity index (χ3v) is 5.43. The summed E-state index contributed by atoms with van der Waals surface area (Å²) in [5.41, 5.74) is 0.755. The zero-order valence-corrected chi connectivity index (χ0v) is 14.5. The molecular weight excluding hydrogens is 384 g/mol. The standard InChI is InChI=1S/C15H18Br2N2O/c16-11-4-5-14(17)13(9-11)15(20)19-8-2-7-18-6-1-3-12(18)10-19/h4-5,9,12H,1-3,6-8,10H2. The molecule has 2 heterocycles. The Labute approximate surface area is 136 Å². The van der Waals surface area contributed by atoms with Gasteiger partial charge in [-0.3, -0.25) is 9.69 Å². The van der Waals surface area contributed by atoms with Crippen LogP contribution < -0.4 is 0 Å². The number of hydrogen-bond acceptors (Lipinski definition) is 2. The zero-order chi connectivity index (χ0) is 14.1. The predicted molar refractivity (Wildman–Crippen MR) is 87.0 cm³/mol. The first-order valence-electron chi connectivity index (χ1n) is 7.13. The van der Waals surface area contributed by atoms with Crippen LogP contribution in [0.5, 0.6) is 0 Å². The summed E-state index contributed by atoms with van der Waals surface area (Å²) in [4.78, 5) is 17.3. The smallest absolute Gasteiger partial charge is 0.255 e. The number of halogens is 2. The van der Waals surface area contributed by atoms with Gasteiger partial charge in [0.2, 0.25) is 0 Å². The van der Waals surface area contributed by atoms with Crippen LogP contribution in [0.15, 0.2) is 27.1 Å². The maximum absolute atomic E-state index is 12.8. The molecule has 2 aliphatic heterocycles. The highest BCUT2D eigenvalue weighted by molar-refractivity contribution is 9.11. The molecule has 1 amide bonds. The number of hydrogen-bond donors (Lipinski definition) is 0. The summed E-state index contributed by atoms with van der Waals surface area (Å²) in [6, 6.07) is 6.34. The third-order valence-electron chi connectivity index (χ3n) is 4.25. The maximum atomic E-state index is 12.8. The summed E-state index contributed by atoms with van der Waals surface area (Å²) >= 11 is 6.94. The molecule has 2 aliphatic rings. The Hall–Kier alpha value is -0.390. The highest BCUT2D eigenvalue weighted by Gasteiger charge is 2.31. The van der Waals surface area contributed by atoms with Crippen molar-refractivity contribution in [3.05, 3.63) is 32.7 Å². The van der Waals surface area contributed by atoms with Gasteiger partial charge >= 0.3 is 0 Å². The first kappa shape index (κ1) is 14.5. The fourth-order valence-electron chi connectivity index (χ4n) is 3.22. The summed E-state index contributed by atoms with van der Waals surface area (Å²) in [6.45, 7) is 4.07. The highest BCUT2D eigenvalue weighted by Crippen LogP contribution is 2.26. The Morgan fingerprint density at radius 2 is 1.95 bits per heavy atom. The summed E-state index contributed by atoms with van der Waals surface area (Å²) in [5, 5.41) is 0. The number of fused-ring (bicyclic) bond motifs is 1. The van der Waals surface area contributed by atoms with Crippen molar-refractivity contribution >= 4 is 37.8 Å². The van der Waals surface area contributed by atoms with Gasteiger partial charge in [0, 0.05) is 34.6 Å². The summed E-state index contributed by atoms with van der Waals surface area (Å²) < 4.78 is 1.82. The average molecular weight is 402 g/mol. The van der Waals surface area contributed by atoms with Crippen LogP contribution in [0.2, 0.25) is 0 Å². The van der Waals surface area contributed by atoms with Crippen LogP contribution >= 0.6 is 31.9 Å². The van der Waals surface area contributed by atoms with E-state index in [2.05, 4.69) is 36.8 Å². The van der Waals surface area contributed by atoms with Gasteiger partial charge in [-0.15, -0.1) is 0 Å². The van der Waals surface area contributed by atoms with Gasteiger partial charge in [-0.2, -0.15) is 0 Å². The molecule has 0 aromatic heterocycles. The summed E-state index contributed by atoms with van der Waals surface area (Å²) in [6.07, 6.45) is 3.57. The monoisotopic (exact) mass is 400 g/mol. The van der Waals surface area contributed by atoms with E-state index in [0.29, 0.717) is 6.04 Å². The normalized spacial score (nSPS) is 23.5. The first-order valence-corrected chi connectivity index (χ1v) is 8.72. The van der Waals surface area contributed by atoms with Crippen LogP contribution in [0, 0.1) is 0 Å². The molecule has 1 atom stereocenters. The molecule has 2 saturated heterocycles. The number of carbonyl (C=O) groups excluding carboxylic acids is 1. The van der Waals surface area contributed by atoms with Crippen molar-refractivity contribution in [1.29, 1.82) is 0 Å². The molecule has 1 aromatic carbocycles. The molecule has 1 unspecified atom stereocenters. The van der Waals surface area contributed by atoms with Gasteiger partial charge in [-0.25, -0.2) is 0 Å². The topological polar surface area (TPSA) is 23.6 Å². The van der Waals surface area contributed by atoms with E-state index in [9.17, 15) is 4.79 Å². The number of rotatable bonds is 1. The molecule has 5 heteroatoms. The van der Waals surface area contributed by atoms with E-state index in [1.54, 1.807) is 0 Å². The Kier molecular flexibility index (Phi) is 4.48. The van der Waals surface area contributed by atoms with Crippen LogP contribution in [0.4, 0.5) is 0 Å². The van der Waals surface area contributed by atoms with E-state index in [0.717, 1.165) is 40.6 Å². The molecule has 1 aromatic rings. The Morgan fingerprint density at radius 1 is 1.15 bits per heavy atom. The quantitative estimate of drug-likeness (QED) is 0.718. The van der Waals surface area contributed by atoms with Crippen LogP contribution in [0.25, 0.3) is 0 Å². The van der Waals surface area contributed by atoms with Gasteiger partial charge in [0.05, 0.1) is 5.56 Å². The maximum Gasteiger partial charge on any atom is 0.255 e. The molecule has 2 fully saturated rings. The van der Waals surface area contributed by atoms with Gasteiger partial charge in [0.25, 0.3) is 5.91 Å². The Balaban J connectivity index is 1.80. The molecule has 0 bridgehead atoms. The van der Waals surface area contributed by atoms with E-state index < -0.39 is 0 Å². The highest BCUT2D eigenvalue weighted by atomic mass is 79.9. The minimum atomic E-state index is 0.145. The minimum absolute atomic E-state index is 0.145. The zero-order valence-electron chi connectivity index (χ0n) is 11.3. The largest absolute Gasteiger partial charge is 0.337 e. The predicted octanol–water partition coefficient (Wildman–Crippen LogP) is 3.52. The van der Waals surface area contributed by atoms with Crippen LogP contribution in [-0.4, -0.2) is 47.9 Å². The van der Waals surface area contributed by atoms with Gasteiger partial charge in [0.15, 0.2) is 0 Å². The second kappa shape index (κ2) is 6.16. The second-order valence-electron chi connectivity index (χ2n) is 5.56. The van der Waals surface area contributed by atoms with Crippen molar-refractivity contribution < 1.29 is 4.79 Å². The average Bonchev–Trinajstić information content (AvgIpc) is 2.78. The molecule has 3 nitrogen and oxygen atoms in total. The van der Waals surface area contributed by atoms with E-state index in [1.807, 2.05) is 23.1 Å². The van der Waals surface area contributed by atoms with Gasteiger partial charge in [-0.1, -0.05) is 15.9 Å². The second-order valence-corrected chi connectivity index (χ2v) is 7.33. The van der Waals surface area contributed by atoms with Gasteiger partial charge < -0.3 is 4.90 Å². The van der Waals surface area contributed by atoms with Crippen molar-refractivity contribution in [3.63, 3.8) is 0 Å². The summed E-state index contributed by atoms with van der Waals surface area (Å²) in [5.74, 6) is 0.145. The lowest BCUT2D eigenvalue weighted by Crippen LogP contribution is -2.39. The van der Waals surface area contributed by atoms with E-state index in [1.165, 1.54) is 19.4 Å². The minimum Gasteiger partial charge on any atom is -0.337 e. The van der Waals surface area contributed by atoms with E-state index >= 15 is 0 Å². The van der Waals surface area contributed by atoms with E-state index in [4.69, 9.17) is 0 Å². The lowest BCUT2D eigenvalue weighted by Gasteiger charge is -2.26. The van der Waals surface area contributed by atoms with Crippen LogP contribution in [0.1, 0.15) is 29.6 Å². The number of benzene rings is 1. The third kappa shape index (κ3) is 2.95. The van der Waals surface area contributed by atoms with Crippen LogP contribution in [-0.2, 0) is 0 Å². The Bertz CT molecular complexity index is 521. The number of nitrogens with zero attached hydrogens (tertiary/aromatic N) is 2. The lowest BCUT2D eigenvalue weighted by molar-refractivity contribution is 0.0742. The lowest BCUT2D eigenvalue weighted by atomic mass is 10.1. The molecule has 108 valence electrons. The number of carbonyl (C=O) groups is 1. The number of amides is 1. The fourth-order valence-corrected chi connectivity index (χ4v) is 4.00. The Morgan fingerprint density at radius 3 is 2.80 bits per heavy atom. The molecule has 0 N–H and O–H groups in total. The molecule has 3 rings (SSSR count). The molecular formula is C15H18Br2N2O. The van der Waals surface area contributed by atoms with Gasteiger partial charge in [-0.05, 0) is 59.9 Å². The SMILES string of the molecule is O=C(c1cc(Br)ccc1Br)N1CCCN2CCCC2C1. The molecule has 0 aliphatic carbocycles. The van der Waals surface area contributed by atoms with Crippen molar-refractivity contribution in [2.45, 2.75) is 25.3 Å². The van der Waals surface area contributed by atoms with Crippen molar-refractivity contribution in [2.24, 2.45) is 0 Å². The van der Waals surface area contributed by atoms with Crippen molar-refractivity contribution in [1.82, 2.24) is 9.80 Å². The molecule has 0 saturated carbocycles. The van der Waals surface area contributed by atoms with Gasteiger partial charge in [0.1, 0.15) is 0 Å². The van der Waals surface area contributed by atoms with E-state index in [-0.39, 0.29) is 5.91 Å². The molecule has 0 radical (unpaired) electrons. The summed E-state index contributed by atoms with van der Waals surface area (Å²) in [7, 11) is 0. The molecule has 0 spiro atoms. The fraction of sp³-hybridized carbons (Fsp3) is 0.533. The first-order chi connectivity index (χ1) is 9.65.